The summed E-state index contributed by atoms with van der Waals surface area (Å²) in [7, 11) is 0. The Morgan fingerprint density at radius 1 is 1.43 bits per heavy atom. The van der Waals surface area contributed by atoms with Crippen molar-refractivity contribution >= 4 is 29.1 Å². The number of anilines is 1. The van der Waals surface area contributed by atoms with Gasteiger partial charge in [-0.15, -0.1) is 11.3 Å². The van der Waals surface area contributed by atoms with Crippen LogP contribution in [0.1, 0.15) is 16.0 Å². The maximum atomic E-state index is 13.4. The van der Waals surface area contributed by atoms with Crippen LogP contribution < -0.4 is 4.90 Å². The van der Waals surface area contributed by atoms with Crippen molar-refractivity contribution in [2.45, 2.75) is 13.0 Å². The number of thiophene rings is 1. The molecule has 0 saturated heterocycles. The number of nitrogens with zero attached hydrogens (tertiary/aromatic N) is 1. The molecule has 3 rings (SSSR count). The van der Waals surface area contributed by atoms with E-state index in [0.29, 0.717) is 0 Å². The van der Waals surface area contributed by atoms with Gasteiger partial charge in [-0.3, -0.25) is 0 Å². The molecule has 5 heteroatoms. The van der Waals surface area contributed by atoms with Crippen molar-refractivity contribution in [3.05, 3.63) is 57.5 Å². The zero-order valence-electron chi connectivity index (χ0n) is 11.3. The number of halogens is 1. The molecular weight excluding hydrogens is 289 g/mol. The lowest BCUT2D eigenvalue weighted by Crippen LogP contribution is -2.18. The Morgan fingerprint density at radius 3 is 3.10 bits per heavy atom. The second-order valence-electron chi connectivity index (χ2n) is 4.96. The lowest BCUT2D eigenvalue weighted by atomic mass is 10.2. The number of hydrogen-bond acceptors (Lipinski definition) is 3. The number of carboxylic acid groups (broad SMARTS) is 1. The molecule has 0 spiro atoms. The van der Waals surface area contributed by atoms with Gasteiger partial charge >= 0.3 is 5.97 Å². The second kappa shape index (κ2) is 5.69. The first-order valence-corrected chi connectivity index (χ1v) is 7.51. The summed E-state index contributed by atoms with van der Waals surface area (Å²) in [6.07, 6.45) is 3.65. The Morgan fingerprint density at radius 2 is 2.29 bits per heavy atom. The monoisotopic (exact) mass is 303 g/mol. The average molecular weight is 303 g/mol. The number of benzene rings is 1. The van der Waals surface area contributed by atoms with Gasteiger partial charge in [0, 0.05) is 23.2 Å². The molecule has 1 N–H and O–H groups in total. The van der Waals surface area contributed by atoms with Gasteiger partial charge in [-0.1, -0.05) is 6.07 Å². The number of carboxylic acids is 1. The fourth-order valence-corrected chi connectivity index (χ4v) is 3.38. The van der Waals surface area contributed by atoms with Crippen molar-refractivity contribution in [3.63, 3.8) is 0 Å². The van der Waals surface area contributed by atoms with Crippen molar-refractivity contribution in [1.82, 2.24) is 0 Å². The molecule has 0 atom stereocenters. The molecule has 108 valence electrons. The highest BCUT2D eigenvalue weighted by atomic mass is 32.1. The van der Waals surface area contributed by atoms with E-state index in [2.05, 4.69) is 4.90 Å². The predicted octanol–water partition coefficient (Wildman–Crippen LogP) is 3.55. The Hall–Kier alpha value is -2.14. The third-order valence-corrected chi connectivity index (χ3v) is 4.42. The predicted molar refractivity (Wildman–Crippen MR) is 82.1 cm³/mol. The minimum absolute atomic E-state index is 0.211. The lowest BCUT2D eigenvalue weighted by molar-refractivity contribution is -0.131. The van der Waals surface area contributed by atoms with E-state index in [9.17, 15) is 9.18 Å². The van der Waals surface area contributed by atoms with Crippen LogP contribution >= 0.6 is 11.3 Å². The van der Waals surface area contributed by atoms with Crippen molar-refractivity contribution in [3.8, 4) is 0 Å². The van der Waals surface area contributed by atoms with E-state index >= 15 is 0 Å². The standard InChI is InChI=1S/C16H14FNO2S/c17-13-3-2-12-5-6-18(15(12)8-13)9-14-7-11(10-21-14)1-4-16(19)20/h1-4,7-8,10H,5-6,9H2,(H,19,20)/b4-1+. The van der Waals surface area contributed by atoms with Crippen LogP contribution in [0.4, 0.5) is 10.1 Å². The minimum Gasteiger partial charge on any atom is -0.478 e. The van der Waals surface area contributed by atoms with Gasteiger partial charge < -0.3 is 10.0 Å². The Kier molecular flexibility index (Phi) is 3.75. The quantitative estimate of drug-likeness (QED) is 0.878. The summed E-state index contributed by atoms with van der Waals surface area (Å²) in [6, 6.07) is 6.91. The molecule has 0 unspecified atom stereocenters. The van der Waals surface area contributed by atoms with Crippen LogP contribution in [-0.2, 0) is 17.8 Å². The van der Waals surface area contributed by atoms with E-state index in [1.165, 1.54) is 11.6 Å². The summed E-state index contributed by atoms with van der Waals surface area (Å²) in [5.41, 5.74) is 3.03. The fourth-order valence-electron chi connectivity index (χ4n) is 2.51. The van der Waals surface area contributed by atoms with Gasteiger partial charge in [-0.25, -0.2) is 9.18 Å². The first-order valence-electron chi connectivity index (χ1n) is 6.63. The van der Waals surface area contributed by atoms with Gasteiger partial charge in [0.1, 0.15) is 5.82 Å². The van der Waals surface area contributed by atoms with E-state index in [4.69, 9.17) is 5.11 Å². The van der Waals surface area contributed by atoms with Crippen LogP contribution in [0.3, 0.4) is 0 Å². The molecule has 1 aromatic heterocycles. The summed E-state index contributed by atoms with van der Waals surface area (Å²) >= 11 is 1.59. The SMILES string of the molecule is O=C(O)/C=C/c1csc(CN2CCc3ccc(F)cc32)c1. The molecule has 0 bridgehead atoms. The zero-order valence-corrected chi connectivity index (χ0v) is 12.1. The van der Waals surface area contributed by atoms with Crippen LogP contribution in [-0.4, -0.2) is 17.6 Å². The summed E-state index contributed by atoms with van der Waals surface area (Å²) in [6.45, 7) is 1.61. The Bertz CT molecular complexity index is 708. The first-order chi connectivity index (χ1) is 10.1. The summed E-state index contributed by atoms with van der Waals surface area (Å²) in [5, 5.41) is 10.5. The normalized spacial score (nSPS) is 13.9. The van der Waals surface area contributed by atoms with Gasteiger partial charge in [-0.05, 0) is 47.2 Å². The van der Waals surface area contributed by atoms with E-state index in [1.54, 1.807) is 23.5 Å². The molecule has 1 aliphatic heterocycles. The number of fused-ring (bicyclic) bond motifs is 1. The maximum Gasteiger partial charge on any atom is 0.328 e. The van der Waals surface area contributed by atoms with Gasteiger partial charge in [0.25, 0.3) is 0 Å². The highest BCUT2D eigenvalue weighted by molar-refractivity contribution is 7.10. The highest BCUT2D eigenvalue weighted by Gasteiger charge is 2.20. The first kappa shape index (κ1) is 13.8. The molecule has 0 aliphatic carbocycles. The third kappa shape index (κ3) is 3.13. The molecule has 1 aromatic carbocycles. The summed E-state index contributed by atoms with van der Waals surface area (Å²) in [4.78, 5) is 13.8. The van der Waals surface area contributed by atoms with Crippen molar-refractivity contribution in [2.75, 3.05) is 11.4 Å². The summed E-state index contributed by atoms with van der Waals surface area (Å²) < 4.78 is 13.4. The lowest BCUT2D eigenvalue weighted by Gasteiger charge is -2.18. The van der Waals surface area contributed by atoms with E-state index in [0.717, 1.165) is 41.7 Å². The molecule has 2 aromatic rings. The van der Waals surface area contributed by atoms with Crippen LogP contribution in [0, 0.1) is 5.82 Å². The number of aliphatic carboxylic acids is 1. The van der Waals surface area contributed by atoms with Crippen LogP contribution in [0.15, 0.2) is 35.7 Å². The van der Waals surface area contributed by atoms with Gasteiger partial charge in [0.15, 0.2) is 0 Å². The maximum absolute atomic E-state index is 13.4. The topological polar surface area (TPSA) is 40.5 Å². The largest absolute Gasteiger partial charge is 0.478 e. The Balaban J connectivity index is 1.74. The Labute approximate surface area is 126 Å². The van der Waals surface area contributed by atoms with E-state index in [1.807, 2.05) is 17.5 Å². The molecule has 0 amide bonds. The number of carbonyl (C=O) groups is 1. The van der Waals surface area contributed by atoms with E-state index < -0.39 is 5.97 Å². The van der Waals surface area contributed by atoms with Crippen LogP contribution in [0.25, 0.3) is 6.08 Å². The van der Waals surface area contributed by atoms with E-state index in [-0.39, 0.29) is 5.82 Å². The van der Waals surface area contributed by atoms with Crippen LogP contribution in [0.2, 0.25) is 0 Å². The average Bonchev–Trinajstić information content (AvgIpc) is 3.05. The molecule has 0 saturated carbocycles. The highest BCUT2D eigenvalue weighted by Crippen LogP contribution is 2.31. The van der Waals surface area contributed by atoms with Crippen molar-refractivity contribution < 1.29 is 14.3 Å². The van der Waals surface area contributed by atoms with Crippen LogP contribution in [0.5, 0.6) is 0 Å². The van der Waals surface area contributed by atoms with Gasteiger partial charge in [0.05, 0.1) is 6.54 Å². The fraction of sp³-hybridized carbons (Fsp3) is 0.188. The number of rotatable bonds is 4. The zero-order chi connectivity index (χ0) is 14.8. The molecule has 2 heterocycles. The van der Waals surface area contributed by atoms with Gasteiger partial charge in [0.2, 0.25) is 0 Å². The molecule has 21 heavy (non-hydrogen) atoms. The van der Waals surface area contributed by atoms with Crippen molar-refractivity contribution in [1.29, 1.82) is 0 Å². The molecule has 0 fully saturated rings. The minimum atomic E-state index is -0.952. The van der Waals surface area contributed by atoms with Gasteiger partial charge in [-0.2, -0.15) is 0 Å². The third-order valence-electron chi connectivity index (χ3n) is 3.48. The number of hydrogen-bond donors (Lipinski definition) is 1. The molecular formula is C16H14FNO2S. The molecule has 3 nitrogen and oxygen atoms in total. The summed E-state index contributed by atoms with van der Waals surface area (Å²) in [5.74, 6) is -1.16. The molecule has 0 radical (unpaired) electrons. The second-order valence-corrected chi connectivity index (χ2v) is 5.96. The smallest absolute Gasteiger partial charge is 0.328 e. The van der Waals surface area contributed by atoms with Crippen molar-refractivity contribution in [2.24, 2.45) is 0 Å². The molecule has 1 aliphatic rings.